The van der Waals surface area contributed by atoms with Gasteiger partial charge in [-0.1, -0.05) is 45.9 Å². The SMILES string of the molecule is CC(C)=N[N+](=C1CCCCC1)c1c(Cl)cc(Cl)cc1Cl.[Cl][Sb-]([Cl])([Cl])([Cl])([Cl])[Cl]. The molecule has 1 fully saturated rings. The molecular weight excluding hydrogens is 649 g/mol. The molecule has 1 aromatic carbocycles. The summed E-state index contributed by atoms with van der Waals surface area (Å²) in [7, 11) is 25.0. The van der Waals surface area contributed by atoms with Crippen molar-refractivity contribution in [3.05, 3.63) is 27.2 Å². The average molecular weight is 667 g/mol. The molecule has 0 radical (unpaired) electrons. The monoisotopic (exact) mass is 662 g/mol. The minimum absolute atomic E-state index is 0.533. The fourth-order valence-electron chi connectivity index (χ4n) is 2.39. The molecule has 1 aliphatic rings. The van der Waals surface area contributed by atoms with Crippen LogP contribution in [-0.4, -0.2) is 25.2 Å². The van der Waals surface area contributed by atoms with E-state index >= 15 is 0 Å². The van der Waals surface area contributed by atoms with Gasteiger partial charge in [-0.15, -0.1) is 0 Å². The Labute approximate surface area is 194 Å². The van der Waals surface area contributed by atoms with Crippen LogP contribution in [0.2, 0.25) is 15.1 Å². The average Bonchev–Trinajstić information content (AvgIpc) is 2.42. The van der Waals surface area contributed by atoms with Crippen molar-refractivity contribution in [2.75, 3.05) is 0 Å². The van der Waals surface area contributed by atoms with Crippen LogP contribution in [0, 0.1) is 0 Å². The fraction of sp³-hybridized carbons (Fsp3) is 0.467. The number of hydrazone groups is 1. The van der Waals surface area contributed by atoms with Gasteiger partial charge in [0, 0.05) is 17.9 Å². The Bertz CT molecular complexity index is 721. The van der Waals surface area contributed by atoms with Crippen molar-refractivity contribution in [1.29, 1.82) is 0 Å². The van der Waals surface area contributed by atoms with Crippen molar-refractivity contribution in [3.63, 3.8) is 0 Å². The first kappa shape index (κ1) is 27.0. The number of hydrogen-bond donors (Lipinski definition) is 0. The van der Waals surface area contributed by atoms with Gasteiger partial charge in [-0.25, -0.2) is 0 Å². The second-order valence-corrected chi connectivity index (χ2v) is 64.3. The Morgan fingerprint density at radius 2 is 1.26 bits per heavy atom. The Hall–Kier alpha value is 1.99. The van der Waals surface area contributed by atoms with Gasteiger partial charge in [0.1, 0.15) is 10.0 Å². The summed E-state index contributed by atoms with van der Waals surface area (Å²) in [5.41, 5.74) is 2.96. The first-order chi connectivity index (χ1) is 11.9. The van der Waals surface area contributed by atoms with E-state index in [1.54, 1.807) is 12.1 Å². The maximum absolute atomic E-state index is 6.34. The Kier molecular flexibility index (Phi) is 9.65. The quantitative estimate of drug-likeness (QED) is 0.129. The summed E-state index contributed by atoms with van der Waals surface area (Å²) in [5.74, 6) is 0. The summed E-state index contributed by atoms with van der Waals surface area (Å²) in [6.45, 7) is 3.93. The van der Waals surface area contributed by atoms with Crippen LogP contribution >= 0.6 is 87.8 Å². The normalized spacial score (nSPS) is 17.2. The minimum atomic E-state index is -5.42. The van der Waals surface area contributed by atoms with E-state index in [-0.39, 0.29) is 0 Å². The Morgan fingerprint density at radius 1 is 0.852 bits per heavy atom. The molecule has 1 aliphatic carbocycles. The van der Waals surface area contributed by atoms with Crippen molar-refractivity contribution in [2.24, 2.45) is 5.10 Å². The molecule has 0 aromatic heterocycles. The molecule has 0 spiro atoms. The number of nitrogens with zero attached hydrogens (tertiary/aromatic N) is 2. The van der Waals surface area contributed by atoms with Crippen LogP contribution in [0.5, 0.6) is 0 Å². The van der Waals surface area contributed by atoms with Gasteiger partial charge in [-0.2, -0.15) is 0 Å². The molecule has 0 bridgehead atoms. The molecule has 0 N–H and O–H groups in total. The Balaban J connectivity index is 0.000000445. The summed E-state index contributed by atoms with van der Waals surface area (Å²) in [4.78, 5) is 0. The fourth-order valence-corrected chi connectivity index (χ4v) is 3.36. The van der Waals surface area contributed by atoms with E-state index in [9.17, 15) is 0 Å². The van der Waals surface area contributed by atoms with Gasteiger partial charge in [0.05, 0.1) is 5.71 Å². The molecule has 0 heterocycles. The number of rotatable bonds is 2. The molecular formula is C15H18Cl9N2Sb. The van der Waals surface area contributed by atoms with Gasteiger partial charge < -0.3 is 0 Å². The van der Waals surface area contributed by atoms with Crippen LogP contribution in [0.4, 0.5) is 5.69 Å². The van der Waals surface area contributed by atoms with Crippen LogP contribution in [0.3, 0.4) is 0 Å². The van der Waals surface area contributed by atoms with Crippen molar-refractivity contribution in [2.45, 2.75) is 46.0 Å². The molecule has 12 heteroatoms. The summed E-state index contributed by atoms with van der Waals surface area (Å²) in [5, 5.41) is 6.23. The van der Waals surface area contributed by atoms with E-state index in [0.29, 0.717) is 15.1 Å². The zero-order valence-electron chi connectivity index (χ0n) is 14.4. The molecule has 2 nitrogen and oxygen atoms in total. The molecule has 1 aromatic rings. The zero-order valence-corrected chi connectivity index (χ0v) is 23.8. The summed E-state index contributed by atoms with van der Waals surface area (Å²) in [6.07, 6.45) is 5.71. The van der Waals surface area contributed by atoms with Crippen LogP contribution in [-0.2, 0) is 0 Å². The van der Waals surface area contributed by atoms with Crippen molar-refractivity contribution in [3.8, 4) is 0 Å². The third-order valence-electron chi connectivity index (χ3n) is 3.22. The van der Waals surface area contributed by atoms with Gasteiger partial charge in [-0.05, 0) is 43.9 Å². The predicted octanol–water partition coefficient (Wildman–Crippen LogP) is 9.85. The molecule has 0 atom stereocenters. The van der Waals surface area contributed by atoms with E-state index in [2.05, 4.69) is 5.10 Å². The van der Waals surface area contributed by atoms with Gasteiger partial charge in [-0.3, -0.25) is 0 Å². The van der Waals surface area contributed by atoms with Crippen molar-refractivity contribution in [1.82, 2.24) is 0 Å². The van der Waals surface area contributed by atoms with Gasteiger partial charge in [0.25, 0.3) is 5.69 Å². The summed E-state index contributed by atoms with van der Waals surface area (Å²) >= 11 is 18.7. The molecule has 2 rings (SSSR count). The molecule has 0 saturated heterocycles. The first-order valence-corrected chi connectivity index (χ1v) is 28.3. The predicted molar refractivity (Wildman–Crippen MR) is 129 cm³/mol. The number of hydrogen-bond acceptors (Lipinski definition) is 1. The van der Waals surface area contributed by atoms with Gasteiger partial charge in [0.2, 0.25) is 0 Å². The summed E-state index contributed by atoms with van der Waals surface area (Å²) < 4.78 is 1.91. The third kappa shape index (κ3) is 13.1. The maximum atomic E-state index is 6.34. The van der Waals surface area contributed by atoms with E-state index in [4.69, 9.17) is 87.8 Å². The molecule has 0 aliphatic heterocycles. The second kappa shape index (κ2) is 9.64. The van der Waals surface area contributed by atoms with Crippen LogP contribution in [0.1, 0.15) is 46.0 Å². The molecule has 0 amide bonds. The van der Waals surface area contributed by atoms with E-state index in [1.807, 2.05) is 18.5 Å². The molecule has 0 unspecified atom stereocenters. The third-order valence-corrected chi connectivity index (χ3v) is 4.02. The van der Waals surface area contributed by atoms with E-state index in [1.165, 1.54) is 25.0 Å². The molecule has 156 valence electrons. The second-order valence-electron chi connectivity index (χ2n) is 6.16. The van der Waals surface area contributed by atoms with Crippen molar-refractivity contribution < 1.29 is 4.68 Å². The van der Waals surface area contributed by atoms with Crippen molar-refractivity contribution >= 4 is 114 Å². The van der Waals surface area contributed by atoms with Gasteiger partial charge >= 0.3 is 62.1 Å². The van der Waals surface area contributed by atoms with E-state index < -0.39 is 9.14 Å². The molecule has 1 saturated carbocycles. The molecule has 27 heavy (non-hydrogen) atoms. The number of halogens is 9. The first-order valence-electron chi connectivity index (χ1n) is 7.81. The Morgan fingerprint density at radius 3 is 1.63 bits per heavy atom. The van der Waals surface area contributed by atoms with E-state index in [0.717, 1.165) is 24.2 Å². The van der Waals surface area contributed by atoms with Crippen LogP contribution in [0.15, 0.2) is 17.2 Å². The van der Waals surface area contributed by atoms with Crippen LogP contribution < -0.4 is 0 Å². The van der Waals surface area contributed by atoms with Gasteiger partial charge in [0.15, 0.2) is 5.71 Å². The standard InChI is InChI=1S/C15H18Cl3N2.6ClH.Sb/c1-10(2)19-20(12-6-4-3-5-7-12)15-13(17)8-11(16)9-14(15)18;;;;;;;/h8-9H,3-7H2,1-2H3;6*1H;/q+1;;;;;;;+5/p-6. The topological polar surface area (TPSA) is 15.4 Å². The number of benzene rings is 1. The summed E-state index contributed by atoms with van der Waals surface area (Å²) in [6, 6.07) is 3.42. The zero-order chi connectivity index (χ0) is 21.1. The van der Waals surface area contributed by atoms with Crippen LogP contribution in [0.25, 0.3) is 0 Å².